The van der Waals surface area contributed by atoms with Gasteiger partial charge in [0.15, 0.2) is 0 Å². The Morgan fingerprint density at radius 3 is 1.90 bits per heavy atom. The Morgan fingerprint density at radius 1 is 0.796 bits per heavy atom. The van der Waals surface area contributed by atoms with E-state index in [4.69, 9.17) is 0 Å². The van der Waals surface area contributed by atoms with Gasteiger partial charge in [-0.15, -0.1) is 0 Å². The summed E-state index contributed by atoms with van der Waals surface area (Å²) < 4.78 is 0. The third-order valence-corrected chi connectivity index (χ3v) is 11.0. The summed E-state index contributed by atoms with van der Waals surface area (Å²) in [6, 6.07) is -1.38. The molecule has 286 valence electrons. The molecule has 2 aliphatic rings. The molecule has 4 unspecified atom stereocenters. The summed E-state index contributed by atoms with van der Waals surface area (Å²) in [7, 11) is 0. The molecular weight excluding hydrogens is 616 g/mol. The van der Waals surface area contributed by atoms with E-state index in [0.717, 1.165) is 38.5 Å². The van der Waals surface area contributed by atoms with Crippen LogP contribution in [0.15, 0.2) is 23.3 Å². The monoisotopic (exact) mass is 693 g/mol. The van der Waals surface area contributed by atoms with Crippen LogP contribution in [0.3, 0.4) is 0 Å². The number of rotatable bonds is 21. The van der Waals surface area contributed by atoms with Gasteiger partial charge in [0.2, 0.25) is 5.91 Å². The van der Waals surface area contributed by atoms with Crippen molar-refractivity contribution >= 4 is 5.91 Å². The second-order valence-electron chi connectivity index (χ2n) is 15.3. The molecule has 0 heterocycles. The van der Waals surface area contributed by atoms with Gasteiger partial charge in [0.05, 0.1) is 24.8 Å². The van der Waals surface area contributed by atoms with Gasteiger partial charge in [-0.1, -0.05) is 160 Å². The largest absolute Gasteiger partial charge is 0.392 e. The van der Waals surface area contributed by atoms with Crippen LogP contribution >= 0.6 is 0 Å². The second kappa shape index (κ2) is 27.4. The zero-order chi connectivity index (χ0) is 35.7. The van der Waals surface area contributed by atoms with Crippen molar-refractivity contribution in [3.63, 3.8) is 0 Å². The number of hydrogen-bond acceptors (Lipinski definition) is 7. The maximum absolute atomic E-state index is 13.2. The number of carbonyl (C=O) groups is 1. The predicted octanol–water partition coefficient (Wildman–Crippen LogP) is 7.15. The average Bonchev–Trinajstić information content (AvgIpc) is 3.11. The number of aliphatic hydroxyl groups is 5. The van der Waals surface area contributed by atoms with Crippen LogP contribution in [0, 0.1) is 5.92 Å². The summed E-state index contributed by atoms with van der Waals surface area (Å²) in [6.45, 7) is 4.23. The molecule has 7 N–H and O–H groups in total. The fraction of sp³-hybridized carbons (Fsp3) is 0.878. The number of allylic oxidation sites excluding steroid dienone is 1. The first kappa shape index (κ1) is 43.9. The van der Waals surface area contributed by atoms with Crippen LogP contribution < -0.4 is 10.6 Å². The Hall–Kier alpha value is -1.29. The molecule has 2 aliphatic carbocycles. The van der Waals surface area contributed by atoms with E-state index in [2.05, 4.69) is 24.5 Å². The van der Waals surface area contributed by atoms with E-state index < -0.39 is 43.1 Å². The Morgan fingerprint density at radius 2 is 1.33 bits per heavy atom. The Balaban J connectivity index is 1.96. The van der Waals surface area contributed by atoms with Gasteiger partial charge in [0.1, 0.15) is 18.3 Å². The molecule has 0 aromatic carbocycles. The molecule has 0 spiro atoms. The van der Waals surface area contributed by atoms with Crippen molar-refractivity contribution in [3.8, 4) is 0 Å². The van der Waals surface area contributed by atoms with Gasteiger partial charge in [-0.3, -0.25) is 4.79 Å². The summed E-state index contributed by atoms with van der Waals surface area (Å²) in [6.07, 6.45) is 28.3. The highest BCUT2D eigenvalue weighted by molar-refractivity contribution is 5.76. The third-order valence-electron chi connectivity index (χ3n) is 11.0. The first-order valence-corrected chi connectivity index (χ1v) is 20.6. The lowest BCUT2D eigenvalue weighted by Gasteiger charge is -2.35. The molecule has 0 saturated heterocycles. The van der Waals surface area contributed by atoms with E-state index in [1.165, 1.54) is 127 Å². The van der Waals surface area contributed by atoms with Gasteiger partial charge in [-0.25, -0.2) is 0 Å². The molecule has 1 saturated carbocycles. The Kier molecular flexibility index (Phi) is 24.5. The van der Waals surface area contributed by atoms with E-state index in [0.29, 0.717) is 12.3 Å². The Labute approximate surface area is 299 Å². The lowest BCUT2D eigenvalue weighted by Crippen LogP contribution is -2.57. The van der Waals surface area contributed by atoms with E-state index in [9.17, 15) is 30.3 Å². The molecule has 1 fully saturated rings. The minimum Gasteiger partial charge on any atom is -0.392 e. The fourth-order valence-corrected chi connectivity index (χ4v) is 7.51. The van der Waals surface area contributed by atoms with E-state index >= 15 is 0 Å². The molecular formula is C41H76N2O6. The summed E-state index contributed by atoms with van der Waals surface area (Å²) >= 11 is 0. The quantitative estimate of drug-likeness (QED) is 0.0500. The van der Waals surface area contributed by atoms with Gasteiger partial charge in [-0.05, 0) is 37.2 Å². The Bertz CT molecular complexity index is 910. The van der Waals surface area contributed by atoms with Crippen molar-refractivity contribution in [1.82, 2.24) is 10.6 Å². The minimum absolute atomic E-state index is 0.0958. The fourth-order valence-electron chi connectivity index (χ4n) is 7.51. The standard InChI is InChI=1S/C41H76N2O6/c1-3-4-5-6-7-8-9-10-11-15-18-21-24-27-38(46)43-36(30-42-35-28-34(31-44)39(47)41(49)40(35)48)37(45)29-33-26-23-20-17-14-12-13-16-19-22-25-32(33)2/h28-29,32,35-37,39-42,44-45,47-49H,3-27,30-31H2,1-2H3,(H,43,46)/b33-29+/t32?,35?,36-,37?,39+,40-,41?/m0/s1. The summed E-state index contributed by atoms with van der Waals surface area (Å²) in [5.41, 5.74) is 1.49. The molecule has 0 aliphatic heterocycles. The van der Waals surface area contributed by atoms with Crippen molar-refractivity contribution in [2.75, 3.05) is 13.2 Å². The van der Waals surface area contributed by atoms with Crippen LogP contribution in [-0.4, -0.2) is 81.1 Å². The number of amides is 1. The van der Waals surface area contributed by atoms with E-state index in [-0.39, 0.29) is 18.0 Å². The van der Waals surface area contributed by atoms with Gasteiger partial charge >= 0.3 is 0 Å². The topological polar surface area (TPSA) is 142 Å². The molecule has 8 heteroatoms. The van der Waals surface area contributed by atoms with Crippen molar-refractivity contribution in [2.24, 2.45) is 5.92 Å². The highest BCUT2D eigenvalue weighted by atomic mass is 16.4. The molecule has 8 nitrogen and oxygen atoms in total. The summed E-state index contributed by atoms with van der Waals surface area (Å²) in [4.78, 5) is 13.2. The van der Waals surface area contributed by atoms with Crippen molar-refractivity contribution < 1.29 is 30.3 Å². The zero-order valence-electron chi connectivity index (χ0n) is 31.4. The van der Waals surface area contributed by atoms with E-state index in [1.54, 1.807) is 0 Å². The molecule has 0 bridgehead atoms. The molecule has 0 aromatic heterocycles. The summed E-state index contributed by atoms with van der Waals surface area (Å²) in [5.74, 6) is 0.263. The van der Waals surface area contributed by atoms with Gasteiger partial charge in [-0.2, -0.15) is 0 Å². The number of carbonyl (C=O) groups excluding carboxylic acids is 1. The van der Waals surface area contributed by atoms with E-state index in [1.807, 2.05) is 6.08 Å². The van der Waals surface area contributed by atoms with Crippen LogP contribution in [0.4, 0.5) is 0 Å². The van der Waals surface area contributed by atoms with Crippen LogP contribution in [0.25, 0.3) is 0 Å². The van der Waals surface area contributed by atoms with Crippen LogP contribution in [0.2, 0.25) is 0 Å². The molecule has 49 heavy (non-hydrogen) atoms. The molecule has 2 rings (SSSR count). The van der Waals surface area contributed by atoms with Gasteiger partial charge in [0.25, 0.3) is 0 Å². The van der Waals surface area contributed by atoms with Crippen molar-refractivity contribution in [1.29, 1.82) is 0 Å². The molecule has 0 aromatic rings. The first-order valence-electron chi connectivity index (χ1n) is 20.6. The van der Waals surface area contributed by atoms with Gasteiger partial charge in [0, 0.05) is 13.0 Å². The second-order valence-corrected chi connectivity index (χ2v) is 15.3. The van der Waals surface area contributed by atoms with Crippen LogP contribution in [-0.2, 0) is 4.79 Å². The normalized spacial score (nSPS) is 26.6. The van der Waals surface area contributed by atoms with Crippen molar-refractivity contribution in [3.05, 3.63) is 23.3 Å². The number of unbranched alkanes of at least 4 members (excludes halogenated alkanes) is 12. The molecule has 0 radical (unpaired) electrons. The summed E-state index contributed by atoms with van der Waals surface area (Å²) in [5, 5.41) is 58.7. The van der Waals surface area contributed by atoms with Gasteiger partial charge < -0.3 is 36.2 Å². The molecule has 1 amide bonds. The highest BCUT2D eigenvalue weighted by Gasteiger charge is 2.37. The number of aliphatic hydroxyl groups excluding tert-OH is 5. The zero-order valence-corrected chi connectivity index (χ0v) is 31.4. The maximum Gasteiger partial charge on any atom is 0.220 e. The maximum atomic E-state index is 13.2. The highest BCUT2D eigenvalue weighted by Crippen LogP contribution is 2.26. The average molecular weight is 693 g/mol. The SMILES string of the molecule is CCCCCCCCCCCCCCCC(=O)N[C@@H](CNC1C=C(CO)[C@@H](O)C(O)[C@H]1O)C(O)/C=C1\CCCCCCCCCCCC1C. The first-order chi connectivity index (χ1) is 23.8. The number of hydrogen-bond donors (Lipinski definition) is 7. The third kappa shape index (κ3) is 18.7. The smallest absolute Gasteiger partial charge is 0.220 e. The minimum atomic E-state index is -1.44. The lowest BCUT2D eigenvalue weighted by molar-refractivity contribution is -0.122. The molecule has 7 atom stereocenters. The number of nitrogens with one attached hydrogen (secondary N) is 2. The van der Waals surface area contributed by atoms with Crippen LogP contribution in [0.1, 0.15) is 174 Å². The predicted molar refractivity (Wildman–Crippen MR) is 201 cm³/mol. The van der Waals surface area contributed by atoms with Crippen LogP contribution in [0.5, 0.6) is 0 Å². The lowest BCUT2D eigenvalue weighted by atomic mass is 9.87. The van der Waals surface area contributed by atoms with Crippen molar-refractivity contribution in [2.45, 2.75) is 211 Å².